The maximum Gasteiger partial charge on any atom is 0.573 e. The average Bonchev–Trinajstić information content (AvgIpc) is 3.01. The third-order valence-corrected chi connectivity index (χ3v) is 6.05. The molecule has 154 valence electrons. The van der Waals surface area contributed by atoms with Crippen LogP contribution in [0.25, 0.3) is 0 Å². The minimum Gasteiger partial charge on any atom is -0.406 e. The lowest BCUT2D eigenvalue weighted by Gasteiger charge is -2.37. The lowest BCUT2D eigenvalue weighted by molar-refractivity contribution is -0.274. The van der Waals surface area contributed by atoms with E-state index >= 15 is 0 Å². The number of nitrogens with zero attached hydrogens (tertiary/aromatic N) is 2. The molecule has 1 spiro atoms. The summed E-state index contributed by atoms with van der Waals surface area (Å²) in [6.45, 7) is 6.58. The van der Waals surface area contributed by atoms with Crippen molar-refractivity contribution in [2.75, 3.05) is 0 Å². The van der Waals surface area contributed by atoms with E-state index < -0.39 is 6.36 Å². The molecule has 3 rings (SSSR count). The van der Waals surface area contributed by atoms with Crippen molar-refractivity contribution in [3.8, 4) is 5.75 Å². The summed E-state index contributed by atoms with van der Waals surface area (Å²) < 4.78 is 41.8. The van der Waals surface area contributed by atoms with Crippen molar-refractivity contribution < 1.29 is 17.9 Å². The van der Waals surface area contributed by atoms with Gasteiger partial charge in [0, 0.05) is 5.56 Å². The fourth-order valence-electron chi connectivity index (χ4n) is 4.53. The molecule has 6 heteroatoms. The number of benzene rings is 1. The number of ether oxygens (including phenoxy) is 1. The van der Waals surface area contributed by atoms with Crippen LogP contribution < -0.4 is 4.74 Å². The predicted octanol–water partition coefficient (Wildman–Crippen LogP) is 6.56. The van der Waals surface area contributed by atoms with Gasteiger partial charge in [0.15, 0.2) is 5.84 Å². The molecule has 0 amide bonds. The largest absolute Gasteiger partial charge is 0.573 e. The van der Waals surface area contributed by atoms with E-state index in [-0.39, 0.29) is 11.3 Å². The topological polar surface area (TPSA) is 34.0 Å². The van der Waals surface area contributed by atoms with Crippen LogP contribution in [0.1, 0.15) is 71.3 Å². The van der Waals surface area contributed by atoms with E-state index in [2.05, 4.69) is 25.5 Å². The highest BCUT2D eigenvalue weighted by Crippen LogP contribution is 2.43. The van der Waals surface area contributed by atoms with Crippen LogP contribution in [0.15, 0.2) is 34.3 Å². The Bertz CT molecular complexity index is 746. The fraction of sp³-hybridized carbons (Fsp3) is 0.636. The number of rotatable bonds is 6. The van der Waals surface area contributed by atoms with E-state index in [9.17, 15) is 13.2 Å². The SMILES string of the molecule is CCCC(C)C1=NC(c2cccc(OC(F)(F)F)c2)=NC12CCC(CC)CC2. The van der Waals surface area contributed by atoms with Gasteiger partial charge < -0.3 is 4.74 Å². The zero-order valence-corrected chi connectivity index (χ0v) is 16.9. The summed E-state index contributed by atoms with van der Waals surface area (Å²) in [7, 11) is 0. The lowest BCUT2D eigenvalue weighted by atomic mass is 9.71. The summed E-state index contributed by atoms with van der Waals surface area (Å²) >= 11 is 0. The van der Waals surface area contributed by atoms with E-state index in [1.54, 1.807) is 12.1 Å². The van der Waals surface area contributed by atoms with E-state index in [1.165, 1.54) is 18.6 Å². The fourth-order valence-corrected chi connectivity index (χ4v) is 4.53. The molecule has 1 aliphatic carbocycles. The smallest absolute Gasteiger partial charge is 0.406 e. The Morgan fingerprint density at radius 2 is 1.93 bits per heavy atom. The molecule has 3 nitrogen and oxygen atoms in total. The Labute approximate surface area is 165 Å². The van der Waals surface area contributed by atoms with Gasteiger partial charge in [0.2, 0.25) is 0 Å². The van der Waals surface area contributed by atoms with Crippen molar-refractivity contribution in [1.82, 2.24) is 0 Å². The standard InChI is InChI=1S/C22H29F3N2O/c1-4-7-15(3)19-21(12-10-16(5-2)11-13-21)27-20(26-19)17-8-6-9-18(14-17)28-22(23,24)25/h6,8-9,14-16H,4-5,7,10-13H2,1-3H3. The number of hydrogen-bond donors (Lipinski definition) is 0. The molecule has 0 aromatic heterocycles. The Kier molecular flexibility index (Phi) is 6.15. The summed E-state index contributed by atoms with van der Waals surface area (Å²) in [5.74, 6) is 1.36. The first-order chi connectivity index (χ1) is 13.3. The average molecular weight is 394 g/mol. The summed E-state index contributed by atoms with van der Waals surface area (Å²) in [6.07, 6.45) is 2.78. The normalized spacial score (nSPS) is 26.1. The van der Waals surface area contributed by atoms with Gasteiger partial charge in [0.1, 0.15) is 11.3 Å². The Balaban J connectivity index is 1.92. The van der Waals surface area contributed by atoms with Gasteiger partial charge in [-0.25, -0.2) is 4.99 Å². The number of hydrogen-bond acceptors (Lipinski definition) is 3. The summed E-state index contributed by atoms with van der Waals surface area (Å²) in [6, 6.07) is 6.00. The van der Waals surface area contributed by atoms with Crippen molar-refractivity contribution in [2.45, 2.75) is 77.6 Å². The van der Waals surface area contributed by atoms with Crippen LogP contribution >= 0.6 is 0 Å². The maximum atomic E-state index is 12.6. The van der Waals surface area contributed by atoms with Crippen LogP contribution in [0.3, 0.4) is 0 Å². The second-order valence-corrected chi connectivity index (χ2v) is 8.08. The highest BCUT2D eigenvalue weighted by atomic mass is 19.4. The third kappa shape index (κ3) is 4.58. The molecule has 1 saturated carbocycles. The maximum absolute atomic E-state index is 12.6. The molecule has 1 aromatic carbocycles. The quantitative estimate of drug-likeness (QED) is 0.538. The van der Waals surface area contributed by atoms with Crippen molar-refractivity contribution in [1.29, 1.82) is 0 Å². The molecule has 0 N–H and O–H groups in total. The zero-order valence-electron chi connectivity index (χ0n) is 16.9. The lowest BCUT2D eigenvalue weighted by Crippen LogP contribution is -2.41. The molecule has 2 aliphatic rings. The highest BCUT2D eigenvalue weighted by molar-refractivity contribution is 6.15. The molecular weight excluding hydrogens is 365 g/mol. The van der Waals surface area contributed by atoms with Gasteiger partial charge >= 0.3 is 6.36 Å². The van der Waals surface area contributed by atoms with E-state index in [0.29, 0.717) is 17.3 Å². The molecule has 1 fully saturated rings. The van der Waals surface area contributed by atoms with Crippen molar-refractivity contribution in [3.63, 3.8) is 0 Å². The van der Waals surface area contributed by atoms with Crippen molar-refractivity contribution >= 4 is 11.5 Å². The van der Waals surface area contributed by atoms with Gasteiger partial charge in [-0.1, -0.05) is 45.7 Å². The van der Waals surface area contributed by atoms with Crippen LogP contribution in [0.4, 0.5) is 13.2 Å². The number of amidine groups is 1. The first-order valence-corrected chi connectivity index (χ1v) is 10.3. The van der Waals surface area contributed by atoms with Gasteiger partial charge in [-0.3, -0.25) is 4.99 Å². The monoisotopic (exact) mass is 394 g/mol. The van der Waals surface area contributed by atoms with Crippen molar-refractivity contribution in [3.05, 3.63) is 29.8 Å². The predicted molar refractivity (Wildman–Crippen MR) is 106 cm³/mol. The van der Waals surface area contributed by atoms with Crippen LogP contribution in [0.2, 0.25) is 0 Å². The molecular formula is C22H29F3N2O. The molecule has 1 aromatic rings. The third-order valence-electron chi connectivity index (χ3n) is 6.05. The van der Waals surface area contributed by atoms with Crippen LogP contribution in [-0.4, -0.2) is 23.4 Å². The molecule has 1 unspecified atom stereocenters. The van der Waals surface area contributed by atoms with Crippen LogP contribution in [0, 0.1) is 11.8 Å². The van der Waals surface area contributed by atoms with E-state index in [1.807, 2.05) is 0 Å². The zero-order chi connectivity index (χ0) is 20.4. The Hall–Kier alpha value is -1.85. The van der Waals surface area contributed by atoms with Gasteiger partial charge in [-0.15, -0.1) is 13.2 Å². The molecule has 0 saturated heterocycles. The van der Waals surface area contributed by atoms with Gasteiger partial charge in [-0.05, 0) is 56.1 Å². The molecule has 0 radical (unpaired) electrons. The summed E-state index contributed by atoms with van der Waals surface area (Å²) in [5, 5.41) is 0. The molecule has 0 bridgehead atoms. The Morgan fingerprint density at radius 1 is 1.21 bits per heavy atom. The molecule has 28 heavy (non-hydrogen) atoms. The molecule has 1 atom stereocenters. The first kappa shape index (κ1) is 20.9. The summed E-state index contributed by atoms with van der Waals surface area (Å²) in [5.41, 5.74) is 1.41. The number of alkyl halides is 3. The van der Waals surface area contributed by atoms with E-state index in [0.717, 1.165) is 50.2 Å². The summed E-state index contributed by atoms with van der Waals surface area (Å²) in [4.78, 5) is 9.89. The van der Waals surface area contributed by atoms with Crippen LogP contribution in [0.5, 0.6) is 5.75 Å². The van der Waals surface area contributed by atoms with Gasteiger partial charge in [0.05, 0.1) is 5.71 Å². The Morgan fingerprint density at radius 3 is 2.54 bits per heavy atom. The second-order valence-electron chi connectivity index (χ2n) is 8.08. The molecule has 1 heterocycles. The van der Waals surface area contributed by atoms with Crippen molar-refractivity contribution in [2.24, 2.45) is 21.8 Å². The molecule has 1 aliphatic heterocycles. The number of aliphatic imine (C=N–C) groups is 2. The first-order valence-electron chi connectivity index (χ1n) is 10.3. The van der Waals surface area contributed by atoms with Gasteiger partial charge in [0.25, 0.3) is 0 Å². The highest BCUT2D eigenvalue weighted by Gasteiger charge is 2.44. The van der Waals surface area contributed by atoms with E-state index in [4.69, 9.17) is 9.98 Å². The minimum atomic E-state index is -4.71. The number of halogens is 3. The minimum absolute atomic E-state index is 0.235. The van der Waals surface area contributed by atoms with Gasteiger partial charge in [-0.2, -0.15) is 0 Å². The van der Waals surface area contributed by atoms with Crippen LogP contribution in [-0.2, 0) is 0 Å². The second kappa shape index (κ2) is 8.26.